The van der Waals surface area contributed by atoms with Gasteiger partial charge in [0.2, 0.25) is 5.91 Å². The van der Waals surface area contributed by atoms with E-state index in [1.165, 1.54) is 4.90 Å². The number of para-hydroxylation sites is 1. The zero-order chi connectivity index (χ0) is 22.5. The Morgan fingerprint density at radius 1 is 1.06 bits per heavy atom. The van der Waals surface area contributed by atoms with E-state index in [1.54, 1.807) is 24.5 Å². The number of carbonyl (C=O) groups excluding carboxylic acids is 2. The highest BCUT2D eigenvalue weighted by Gasteiger charge is 2.43. The number of pyridine rings is 1. The summed E-state index contributed by atoms with van der Waals surface area (Å²) < 4.78 is 0. The summed E-state index contributed by atoms with van der Waals surface area (Å²) in [5.74, 6) is -0.482. The summed E-state index contributed by atoms with van der Waals surface area (Å²) in [6.07, 6.45) is 3.84. The van der Waals surface area contributed by atoms with E-state index >= 15 is 0 Å². The molecule has 4 rings (SSSR count). The summed E-state index contributed by atoms with van der Waals surface area (Å²) in [5.41, 5.74) is 2.34. The number of anilines is 2. The van der Waals surface area contributed by atoms with Gasteiger partial charge in [-0.2, -0.15) is 0 Å². The Kier molecular flexibility index (Phi) is 6.78. The number of thiocarbonyl (C=S) groups is 1. The molecule has 0 bridgehead atoms. The van der Waals surface area contributed by atoms with Crippen LogP contribution in [0.4, 0.5) is 11.4 Å². The molecule has 8 heteroatoms. The molecule has 2 amide bonds. The second-order valence-electron chi connectivity index (χ2n) is 7.37. The quantitative estimate of drug-likeness (QED) is 0.528. The highest BCUT2D eigenvalue weighted by molar-refractivity contribution is 7.80. The van der Waals surface area contributed by atoms with Crippen LogP contribution in [0.25, 0.3) is 0 Å². The highest BCUT2D eigenvalue weighted by Crippen LogP contribution is 2.27. The van der Waals surface area contributed by atoms with Crippen molar-refractivity contribution in [3.05, 3.63) is 89.7 Å². The first-order valence-electron chi connectivity index (χ1n) is 10.2. The van der Waals surface area contributed by atoms with Crippen LogP contribution in [0.15, 0.2) is 79.1 Å². The summed E-state index contributed by atoms with van der Waals surface area (Å²) in [7, 11) is 0. The Bertz CT molecular complexity index is 1110. The molecule has 1 aromatic heterocycles. The molecule has 0 saturated carbocycles. The van der Waals surface area contributed by atoms with Crippen LogP contribution in [0.5, 0.6) is 0 Å². The maximum absolute atomic E-state index is 13.4. The van der Waals surface area contributed by atoms with E-state index in [1.807, 2.05) is 59.5 Å². The van der Waals surface area contributed by atoms with Gasteiger partial charge in [-0.25, -0.2) is 0 Å². The van der Waals surface area contributed by atoms with Crippen molar-refractivity contribution in [1.82, 2.24) is 9.88 Å². The second kappa shape index (κ2) is 9.89. The predicted molar refractivity (Wildman–Crippen MR) is 130 cm³/mol. The second-order valence-corrected chi connectivity index (χ2v) is 8.17. The number of amides is 2. The van der Waals surface area contributed by atoms with Crippen molar-refractivity contribution in [3.63, 3.8) is 0 Å². The lowest BCUT2D eigenvalue weighted by Crippen LogP contribution is -2.39. The smallest absolute Gasteiger partial charge is 0.256 e. The molecule has 0 spiro atoms. The normalized spacial score (nSPS) is 15.8. The number of hydrogen-bond donors (Lipinski definition) is 1. The fraction of sp³-hybridized carbons (Fsp3) is 0.167. The SMILES string of the molecule is O=C(CC1C(=O)N(c2ccccc2)C(=S)N1CCc1ccc(Cl)cc1)Nc1cccnc1. The molecule has 1 fully saturated rings. The molecule has 1 N–H and O–H groups in total. The van der Waals surface area contributed by atoms with Crippen LogP contribution in [0.2, 0.25) is 5.02 Å². The van der Waals surface area contributed by atoms with Crippen LogP contribution in [-0.2, 0) is 16.0 Å². The fourth-order valence-corrected chi connectivity index (χ4v) is 4.17. The molecule has 1 aliphatic heterocycles. The molecule has 2 aromatic carbocycles. The monoisotopic (exact) mass is 464 g/mol. The third-order valence-corrected chi connectivity index (χ3v) is 5.88. The van der Waals surface area contributed by atoms with Gasteiger partial charge < -0.3 is 10.2 Å². The zero-order valence-corrected chi connectivity index (χ0v) is 18.7. The number of aromatic nitrogens is 1. The van der Waals surface area contributed by atoms with Crippen molar-refractivity contribution in [2.45, 2.75) is 18.9 Å². The lowest BCUT2D eigenvalue weighted by Gasteiger charge is -2.24. The van der Waals surface area contributed by atoms with Gasteiger partial charge in [-0.05, 0) is 60.6 Å². The number of rotatable bonds is 7. The Morgan fingerprint density at radius 3 is 2.50 bits per heavy atom. The van der Waals surface area contributed by atoms with Crippen LogP contribution in [0.3, 0.4) is 0 Å². The van der Waals surface area contributed by atoms with Crippen molar-refractivity contribution in [2.24, 2.45) is 0 Å². The van der Waals surface area contributed by atoms with E-state index in [0.717, 1.165) is 5.56 Å². The van der Waals surface area contributed by atoms with Crippen molar-refractivity contribution in [3.8, 4) is 0 Å². The van der Waals surface area contributed by atoms with Gasteiger partial charge in [0, 0.05) is 17.8 Å². The number of halogens is 1. The van der Waals surface area contributed by atoms with Crippen molar-refractivity contribution < 1.29 is 9.59 Å². The van der Waals surface area contributed by atoms with Gasteiger partial charge in [0.1, 0.15) is 6.04 Å². The standard InChI is InChI=1S/C24H21ClN4O2S/c25-18-10-8-17(9-11-18)12-14-28-21(15-22(30)27-19-5-4-13-26-16-19)23(31)29(24(28)32)20-6-2-1-3-7-20/h1-11,13,16,21H,12,14-15H2,(H,27,30). The van der Waals surface area contributed by atoms with Gasteiger partial charge >= 0.3 is 0 Å². The van der Waals surface area contributed by atoms with Crippen LogP contribution >= 0.6 is 23.8 Å². The number of benzene rings is 2. The van der Waals surface area contributed by atoms with E-state index < -0.39 is 6.04 Å². The Morgan fingerprint density at radius 2 is 1.81 bits per heavy atom. The van der Waals surface area contributed by atoms with Gasteiger partial charge in [-0.1, -0.05) is 41.9 Å². The molecular formula is C24H21ClN4O2S. The van der Waals surface area contributed by atoms with Crippen LogP contribution in [0.1, 0.15) is 12.0 Å². The maximum atomic E-state index is 13.4. The van der Waals surface area contributed by atoms with E-state index in [2.05, 4.69) is 10.3 Å². The molecule has 0 radical (unpaired) electrons. The van der Waals surface area contributed by atoms with Crippen LogP contribution in [-0.4, -0.2) is 39.4 Å². The van der Waals surface area contributed by atoms with Gasteiger partial charge in [0.15, 0.2) is 5.11 Å². The minimum Gasteiger partial charge on any atom is -0.336 e. The first-order valence-corrected chi connectivity index (χ1v) is 11.0. The molecule has 32 heavy (non-hydrogen) atoms. The van der Waals surface area contributed by atoms with Gasteiger partial charge in [0.25, 0.3) is 5.91 Å². The number of nitrogens with zero attached hydrogens (tertiary/aromatic N) is 3. The number of hydrogen-bond acceptors (Lipinski definition) is 4. The fourth-order valence-electron chi connectivity index (χ4n) is 3.63. The maximum Gasteiger partial charge on any atom is 0.256 e. The molecular weight excluding hydrogens is 444 g/mol. The highest BCUT2D eigenvalue weighted by atomic mass is 35.5. The summed E-state index contributed by atoms with van der Waals surface area (Å²) in [6.45, 7) is 0.500. The van der Waals surface area contributed by atoms with Gasteiger partial charge in [-0.3, -0.25) is 19.5 Å². The number of nitrogens with one attached hydrogen (secondary N) is 1. The molecule has 2 heterocycles. The molecule has 1 saturated heterocycles. The minimum absolute atomic E-state index is 0.0161. The van der Waals surface area contributed by atoms with E-state index in [-0.39, 0.29) is 18.2 Å². The topological polar surface area (TPSA) is 65.5 Å². The predicted octanol–water partition coefficient (Wildman–Crippen LogP) is 4.31. The molecule has 1 atom stereocenters. The third-order valence-electron chi connectivity index (χ3n) is 5.21. The Balaban J connectivity index is 1.54. The average Bonchev–Trinajstić information content (AvgIpc) is 3.03. The largest absolute Gasteiger partial charge is 0.336 e. The molecule has 6 nitrogen and oxygen atoms in total. The molecule has 3 aromatic rings. The summed E-state index contributed by atoms with van der Waals surface area (Å²) in [5, 5.41) is 3.87. The van der Waals surface area contributed by atoms with Gasteiger partial charge in [-0.15, -0.1) is 0 Å². The van der Waals surface area contributed by atoms with Crippen LogP contribution < -0.4 is 10.2 Å². The molecule has 1 aliphatic rings. The van der Waals surface area contributed by atoms with Gasteiger partial charge in [0.05, 0.1) is 24.0 Å². The Hall–Kier alpha value is -3.29. The van der Waals surface area contributed by atoms with Crippen LogP contribution in [0, 0.1) is 0 Å². The molecule has 0 aliphatic carbocycles. The third kappa shape index (κ3) is 4.95. The van der Waals surface area contributed by atoms with E-state index in [4.69, 9.17) is 23.8 Å². The lowest BCUT2D eigenvalue weighted by atomic mass is 10.1. The summed E-state index contributed by atoms with van der Waals surface area (Å²) in [4.78, 5) is 33.4. The van der Waals surface area contributed by atoms with E-state index in [0.29, 0.717) is 34.5 Å². The molecule has 1 unspecified atom stereocenters. The average molecular weight is 465 g/mol. The summed E-state index contributed by atoms with van der Waals surface area (Å²) in [6, 6.07) is 19.6. The zero-order valence-electron chi connectivity index (χ0n) is 17.1. The summed E-state index contributed by atoms with van der Waals surface area (Å²) >= 11 is 11.7. The lowest BCUT2D eigenvalue weighted by molar-refractivity contribution is -0.124. The van der Waals surface area contributed by atoms with E-state index in [9.17, 15) is 9.59 Å². The first kappa shape index (κ1) is 21.9. The Labute approximate surface area is 196 Å². The molecule has 162 valence electrons. The minimum atomic E-state index is -0.688. The first-order chi connectivity index (χ1) is 15.5. The number of carbonyl (C=O) groups is 2. The van der Waals surface area contributed by atoms with Crippen molar-refractivity contribution >= 4 is 52.1 Å². The van der Waals surface area contributed by atoms with Crippen molar-refractivity contribution in [2.75, 3.05) is 16.8 Å². The van der Waals surface area contributed by atoms with Crippen molar-refractivity contribution in [1.29, 1.82) is 0 Å².